The zero-order chi connectivity index (χ0) is 12.9. The summed E-state index contributed by atoms with van der Waals surface area (Å²) >= 11 is 0. The largest absolute Gasteiger partial charge is 0.468 e. The first-order chi connectivity index (χ1) is 7.99. The van der Waals surface area contributed by atoms with E-state index in [9.17, 15) is 4.79 Å². The van der Waals surface area contributed by atoms with Crippen molar-refractivity contribution in [3.8, 4) is 0 Å². The first-order valence-corrected chi connectivity index (χ1v) is 6.21. The molecule has 100 valence electrons. The van der Waals surface area contributed by atoms with E-state index in [-0.39, 0.29) is 12.1 Å². The third-order valence-electron chi connectivity index (χ3n) is 3.07. The molecule has 1 rings (SSSR count). The molecule has 1 saturated heterocycles. The van der Waals surface area contributed by atoms with Crippen LogP contribution in [0, 0.1) is 0 Å². The van der Waals surface area contributed by atoms with Gasteiger partial charge in [0.25, 0.3) is 0 Å². The third-order valence-corrected chi connectivity index (χ3v) is 3.07. The summed E-state index contributed by atoms with van der Waals surface area (Å²) in [6, 6.07) is 0. The minimum absolute atomic E-state index is 0.266. The molecule has 2 N–H and O–H groups in total. The molecule has 0 saturated carbocycles. The maximum absolute atomic E-state index is 11.5. The van der Waals surface area contributed by atoms with Crippen LogP contribution in [-0.4, -0.2) is 55.9 Å². The summed E-state index contributed by atoms with van der Waals surface area (Å²) in [4.78, 5) is 13.7. The molecule has 1 aliphatic heterocycles. The number of likely N-dealkylation sites (tertiary alicyclic amines) is 1. The van der Waals surface area contributed by atoms with E-state index in [2.05, 4.69) is 4.90 Å². The molecule has 0 aromatic rings. The highest BCUT2D eigenvalue weighted by atomic mass is 16.5. The second-order valence-corrected chi connectivity index (χ2v) is 4.86. The third kappa shape index (κ3) is 4.26. The number of carbonyl (C=O) groups excluding carboxylic acids is 1. The minimum atomic E-state index is -0.942. The molecule has 5 heteroatoms. The van der Waals surface area contributed by atoms with Crippen molar-refractivity contribution >= 4 is 5.97 Å². The van der Waals surface area contributed by atoms with Gasteiger partial charge in [0.05, 0.1) is 13.2 Å². The van der Waals surface area contributed by atoms with Gasteiger partial charge in [-0.05, 0) is 33.2 Å². The Labute approximate surface area is 103 Å². The van der Waals surface area contributed by atoms with Crippen LogP contribution in [0.1, 0.15) is 26.7 Å². The highest BCUT2D eigenvalue weighted by Gasteiger charge is 2.33. The lowest BCUT2D eigenvalue weighted by atomic mass is 10.0. The van der Waals surface area contributed by atoms with Crippen molar-refractivity contribution in [2.75, 3.05) is 33.4 Å². The van der Waals surface area contributed by atoms with Crippen molar-refractivity contribution in [2.24, 2.45) is 5.73 Å². The Kier molecular flexibility index (Phi) is 5.36. The van der Waals surface area contributed by atoms with Gasteiger partial charge in [-0.25, -0.2) is 0 Å². The minimum Gasteiger partial charge on any atom is -0.468 e. The number of methoxy groups -OCH3 is 1. The summed E-state index contributed by atoms with van der Waals surface area (Å²) in [6.45, 7) is 6.77. The van der Waals surface area contributed by atoms with Crippen LogP contribution in [0.4, 0.5) is 0 Å². The molecule has 2 unspecified atom stereocenters. The van der Waals surface area contributed by atoms with Crippen LogP contribution in [0.15, 0.2) is 0 Å². The van der Waals surface area contributed by atoms with Crippen LogP contribution in [0.3, 0.4) is 0 Å². The van der Waals surface area contributed by atoms with Gasteiger partial charge in [0, 0.05) is 19.7 Å². The van der Waals surface area contributed by atoms with Crippen LogP contribution in [0.25, 0.3) is 0 Å². The number of piperidine rings is 1. The van der Waals surface area contributed by atoms with Gasteiger partial charge in [-0.15, -0.1) is 0 Å². The van der Waals surface area contributed by atoms with Crippen LogP contribution >= 0.6 is 0 Å². The molecule has 1 fully saturated rings. The molecule has 0 aliphatic carbocycles. The molecular formula is C12H24N2O3. The van der Waals surface area contributed by atoms with Crippen molar-refractivity contribution in [3.63, 3.8) is 0 Å². The standard InChI is InChI=1S/C12H24N2O3/c1-4-17-10-6-5-7-14(8-10)9-12(2,13)11(15)16-3/h10H,4-9,13H2,1-3H3. The Bertz CT molecular complexity index is 254. The number of ether oxygens (including phenoxy) is 2. The molecule has 0 aromatic heterocycles. The Morgan fingerprint density at radius 1 is 1.59 bits per heavy atom. The van der Waals surface area contributed by atoms with E-state index in [1.165, 1.54) is 7.11 Å². The van der Waals surface area contributed by atoms with E-state index in [4.69, 9.17) is 15.2 Å². The van der Waals surface area contributed by atoms with Gasteiger partial charge in [-0.1, -0.05) is 0 Å². The maximum Gasteiger partial charge on any atom is 0.326 e. The summed E-state index contributed by atoms with van der Waals surface area (Å²) < 4.78 is 10.3. The van der Waals surface area contributed by atoms with Crippen molar-refractivity contribution < 1.29 is 14.3 Å². The summed E-state index contributed by atoms with van der Waals surface area (Å²) in [5, 5.41) is 0. The topological polar surface area (TPSA) is 64.8 Å². The number of carbonyl (C=O) groups is 1. The number of hydrogen-bond donors (Lipinski definition) is 1. The molecule has 0 radical (unpaired) electrons. The molecule has 1 heterocycles. The van der Waals surface area contributed by atoms with Crippen LogP contribution in [0.2, 0.25) is 0 Å². The fraction of sp³-hybridized carbons (Fsp3) is 0.917. The van der Waals surface area contributed by atoms with E-state index in [1.807, 2.05) is 6.92 Å². The van der Waals surface area contributed by atoms with Crippen molar-refractivity contribution in [3.05, 3.63) is 0 Å². The Hall–Kier alpha value is -0.650. The maximum atomic E-state index is 11.5. The van der Waals surface area contributed by atoms with Gasteiger partial charge in [-0.3, -0.25) is 9.69 Å². The van der Waals surface area contributed by atoms with E-state index in [1.54, 1.807) is 6.92 Å². The fourth-order valence-electron chi connectivity index (χ4n) is 2.29. The van der Waals surface area contributed by atoms with E-state index in [0.717, 1.165) is 32.5 Å². The summed E-state index contributed by atoms with van der Waals surface area (Å²) in [5.41, 5.74) is 5.02. The molecular weight excluding hydrogens is 220 g/mol. The van der Waals surface area contributed by atoms with Gasteiger partial charge in [0.15, 0.2) is 0 Å². The molecule has 5 nitrogen and oxygen atoms in total. The monoisotopic (exact) mass is 244 g/mol. The zero-order valence-electron chi connectivity index (χ0n) is 11.1. The Balaban J connectivity index is 2.47. The SMILES string of the molecule is CCOC1CCCN(CC(C)(N)C(=O)OC)C1. The fourth-order valence-corrected chi connectivity index (χ4v) is 2.29. The normalized spacial score (nSPS) is 25.3. The highest BCUT2D eigenvalue weighted by molar-refractivity contribution is 5.80. The number of rotatable bonds is 5. The van der Waals surface area contributed by atoms with E-state index >= 15 is 0 Å². The van der Waals surface area contributed by atoms with Crippen LogP contribution < -0.4 is 5.73 Å². The summed E-state index contributed by atoms with van der Waals surface area (Å²) in [6.07, 6.45) is 2.44. The second kappa shape index (κ2) is 6.33. The lowest BCUT2D eigenvalue weighted by Crippen LogP contribution is -2.56. The van der Waals surface area contributed by atoms with Gasteiger partial charge >= 0.3 is 5.97 Å². The molecule has 17 heavy (non-hydrogen) atoms. The second-order valence-electron chi connectivity index (χ2n) is 4.86. The molecule has 1 aliphatic rings. The first-order valence-electron chi connectivity index (χ1n) is 6.21. The number of esters is 1. The zero-order valence-corrected chi connectivity index (χ0v) is 11.1. The Morgan fingerprint density at radius 2 is 2.29 bits per heavy atom. The lowest BCUT2D eigenvalue weighted by molar-refractivity contribution is -0.147. The molecule has 0 bridgehead atoms. The highest BCUT2D eigenvalue weighted by Crippen LogP contribution is 2.15. The quantitative estimate of drug-likeness (QED) is 0.708. The molecule has 2 atom stereocenters. The Morgan fingerprint density at radius 3 is 2.88 bits per heavy atom. The lowest BCUT2D eigenvalue weighted by Gasteiger charge is -2.36. The van der Waals surface area contributed by atoms with Gasteiger partial charge in [-0.2, -0.15) is 0 Å². The average molecular weight is 244 g/mol. The molecule has 0 spiro atoms. The van der Waals surface area contributed by atoms with Crippen LogP contribution in [-0.2, 0) is 14.3 Å². The van der Waals surface area contributed by atoms with E-state index < -0.39 is 5.54 Å². The first kappa shape index (κ1) is 14.4. The molecule has 0 amide bonds. The van der Waals surface area contributed by atoms with E-state index in [0.29, 0.717) is 6.54 Å². The van der Waals surface area contributed by atoms with Crippen molar-refractivity contribution in [1.82, 2.24) is 4.90 Å². The van der Waals surface area contributed by atoms with Gasteiger partial charge < -0.3 is 15.2 Å². The van der Waals surface area contributed by atoms with Gasteiger partial charge in [0.1, 0.15) is 5.54 Å². The predicted octanol–water partition coefficient (Wildman–Crippen LogP) is 0.378. The van der Waals surface area contributed by atoms with Crippen molar-refractivity contribution in [1.29, 1.82) is 0 Å². The predicted molar refractivity (Wildman–Crippen MR) is 65.7 cm³/mol. The number of nitrogens with two attached hydrogens (primary N) is 1. The number of hydrogen-bond acceptors (Lipinski definition) is 5. The van der Waals surface area contributed by atoms with Crippen molar-refractivity contribution in [2.45, 2.75) is 38.3 Å². The number of nitrogens with zero attached hydrogens (tertiary/aromatic N) is 1. The van der Waals surface area contributed by atoms with Crippen LogP contribution in [0.5, 0.6) is 0 Å². The summed E-state index contributed by atoms with van der Waals surface area (Å²) in [5.74, 6) is -0.365. The van der Waals surface area contributed by atoms with Gasteiger partial charge in [0.2, 0.25) is 0 Å². The summed E-state index contributed by atoms with van der Waals surface area (Å²) in [7, 11) is 1.37. The average Bonchev–Trinajstić information content (AvgIpc) is 2.28. The molecule has 0 aromatic carbocycles. The smallest absolute Gasteiger partial charge is 0.326 e.